The third-order valence-electron chi connectivity index (χ3n) is 3.44. The van der Waals surface area contributed by atoms with Crippen LogP contribution in [0.3, 0.4) is 0 Å². The van der Waals surface area contributed by atoms with Gasteiger partial charge in [0.05, 0.1) is 24.8 Å². The summed E-state index contributed by atoms with van der Waals surface area (Å²) in [5, 5.41) is 6.25. The number of halogens is 1. The Morgan fingerprint density at radius 3 is 2.56 bits per heavy atom. The van der Waals surface area contributed by atoms with Crippen molar-refractivity contribution in [2.75, 3.05) is 31.4 Å². The number of amides is 1. The maximum atomic E-state index is 12.0. The second-order valence-electron chi connectivity index (χ2n) is 5.11. The standard InChI is InChI=1S/C18H19ClN2O4/c1-24-16-8-7-12(11-14(16)19)21-17(22)9-10-20-15-6-4-3-5-13(15)18(23)25-2/h3-8,11,20H,9-10H2,1-2H3,(H,21,22). The van der Waals surface area contributed by atoms with E-state index in [0.717, 1.165) is 0 Å². The van der Waals surface area contributed by atoms with E-state index in [-0.39, 0.29) is 12.3 Å². The molecule has 2 aromatic rings. The topological polar surface area (TPSA) is 76.7 Å². The van der Waals surface area contributed by atoms with Gasteiger partial charge in [-0.3, -0.25) is 4.79 Å². The first-order valence-electron chi connectivity index (χ1n) is 7.59. The molecule has 25 heavy (non-hydrogen) atoms. The molecule has 2 rings (SSSR count). The van der Waals surface area contributed by atoms with Crippen molar-refractivity contribution in [1.29, 1.82) is 0 Å². The van der Waals surface area contributed by atoms with Crippen LogP contribution in [0.2, 0.25) is 5.02 Å². The minimum atomic E-state index is -0.430. The van der Waals surface area contributed by atoms with Crippen molar-refractivity contribution >= 4 is 34.9 Å². The van der Waals surface area contributed by atoms with Gasteiger partial charge in [0.15, 0.2) is 0 Å². The smallest absolute Gasteiger partial charge is 0.339 e. The molecule has 0 aliphatic rings. The van der Waals surface area contributed by atoms with Crippen LogP contribution in [0, 0.1) is 0 Å². The summed E-state index contributed by atoms with van der Waals surface area (Å²) in [5.74, 6) is -0.0644. The Balaban J connectivity index is 1.89. The van der Waals surface area contributed by atoms with Gasteiger partial charge in [0.1, 0.15) is 5.75 Å². The fourth-order valence-corrected chi connectivity index (χ4v) is 2.46. The number of nitrogens with one attached hydrogen (secondary N) is 2. The van der Waals surface area contributed by atoms with Crippen molar-refractivity contribution in [2.24, 2.45) is 0 Å². The Kier molecular flexibility index (Phi) is 6.65. The van der Waals surface area contributed by atoms with E-state index >= 15 is 0 Å². The molecule has 6 nitrogen and oxygen atoms in total. The number of ether oxygens (including phenoxy) is 2. The normalized spacial score (nSPS) is 10.0. The molecule has 2 aromatic carbocycles. The summed E-state index contributed by atoms with van der Waals surface area (Å²) < 4.78 is 9.80. The van der Waals surface area contributed by atoms with Crippen molar-refractivity contribution in [1.82, 2.24) is 0 Å². The van der Waals surface area contributed by atoms with Crippen LogP contribution in [0.4, 0.5) is 11.4 Å². The van der Waals surface area contributed by atoms with Gasteiger partial charge in [0.25, 0.3) is 0 Å². The highest BCUT2D eigenvalue weighted by Crippen LogP contribution is 2.27. The number of carbonyl (C=O) groups is 2. The number of rotatable bonds is 7. The van der Waals surface area contributed by atoms with Gasteiger partial charge < -0.3 is 20.1 Å². The molecule has 2 N–H and O–H groups in total. The zero-order chi connectivity index (χ0) is 18.2. The highest BCUT2D eigenvalue weighted by Gasteiger charge is 2.11. The Hall–Kier alpha value is -2.73. The largest absolute Gasteiger partial charge is 0.495 e. The fourth-order valence-electron chi connectivity index (χ4n) is 2.20. The molecule has 0 aromatic heterocycles. The Labute approximate surface area is 151 Å². The molecule has 0 saturated heterocycles. The minimum Gasteiger partial charge on any atom is -0.495 e. The van der Waals surface area contributed by atoms with E-state index in [1.54, 1.807) is 42.5 Å². The molecule has 0 unspecified atom stereocenters. The van der Waals surface area contributed by atoms with Gasteiger partial charge in [-0.2, -0.15) is 0 Å². The SMILES string of the molecule is COC(=O)c1ccccc1NCCC(=O)Nc1ccc(OC)c(Cl)c1. The number of anilines is 2. The van der Waals surface area contributed by atoms with Crippen LogP contribution in [0.1, 0.15) is 16.8 Å². The molecule has 1 amide bonds. The van der Waals surface area contributed by atoms with Crippen molar-refractivity contribution in [2.45, 2.75) is 6.42 Å². The number of hydrogen-bond acceptors (Lipinski definition) is 5. The molecule has 132 valence electrons. The molecule has 0 aliphatic heterocycles. The Morgan fingerprint density at radius 2 is 1.88 bits per heavy atom. The van der Waals surface area contributed by atoms with Crippen molar-refractivity contribution in [3.63, 3.8) is 0 Å². The molecule has 0 bridgehead atoms. The molecule has 0 saturated carbocycles. The maximum Gasteiger partial charge on any atom is 0.339 e. The fraction of sp³-hybridized carbons (Fsp3) is 0.222. The van der Waals surface area contributed by atoms with Gasteiger partial charge in [-0.25, -0.2) is 4.79 Å². The van der Waals surface area contributed by atoms with Crippen LogP contribution in [0.15, 0.2) is 42.5 Å². The predicted octanol–water partition coefficient (Wildman–Crippen LogP) is 3.58. The zero-order valence-corrected chi connectivity index (χ0v) is 14.7. The zero-order valence-electron chi connectivity index (χ0n) is 14.0. The number of benzene rings is 2. The molecule has 0 spiro atoms. The van der Waals surface area contributed by atoms with Gasteiger partial charge in [0, 0.05) is 24.3 Å². The third-order valence-corrected chi connectivity index (χ3v) is 3.73. The van der Waals surface area contributed by atoms with E-state index in [2.05, 4.69) is 10.6 Å². The van der Waals surface area contributed by atoms with Gasteiger partial charge in [0.2, 0.25) is 5.91 Å². The van der Waals surface area contributed by atoms with E-state index in [4.69, 9.17) is 21.1 Å². The second-order valence-corrected chi connectivity index (χ2v) is 5.52. The van der Waals surface area contributed by atoms with Crippen LogP contribution in [0.5, 0.6) is 5.75 Å². The van der Waals surface area contributed by atoms with Gasteiger partial charge in [-0.05, 0) is 30.3 Å². The summed E-state index contributed by atoms with van der Waals surface area (Å²) in [6.07, 6.45) is 0.221. The lowest BCUT2D eigenvalue weighted by molar-refractivity contribution is -0.115. The first-order chi connectivity index (χ1) is 12.0. The average molecular weight is 363 g/mol. The number of carbonyl (C=O) groups excluding carboxylic acids is 2. The van der Waals surface area contributed by atoms with Crippen LogP contribution >= 0.6 is 11.6 Å². The summed E-state index contributed by atoms with van der Waals surface area (Å²) in [6, 6.07) is 12.0. The Morgan fingerprint density at radius 1 is 1.12 bits per heavy atom. The molecule has 0 fully saturated rings. The summed E-state index contributed by atoms with van der Waals surface area (Å²) in [4.78, 5) is 23.7. The average Bonchev–Trinajstić information content (AvgIpc) is 2.61. The lowest BCUT2D eigenvalue weighted by atomic mass is 10.1. The van der Waals surface area contributed by atoms with Crippen molar-refractivity contribution < 1.29 is 19.1 Å². The van der Waals surface area contributed by atoms with E-state index in [9.17, 15) is 9.59 Å². The van der Waals surface area contributed by atoms with E-state index in [0.29, 0.717) is 34.3 Å². The maximum absolute atomic E-state index is 12.0. The predicted molar refractivity (Wildman–Crippen MR) is 97.5 cm³/mol. The first-order valence-corrected chi connectivity index (χ1v) is 7.97. The lowest BCUT2D eigenvalue weighted by Crippen LogP contribution is -2.17. The van der Waals surface area contributed by atoms with Gasteiger partial charge in [-0.15, -0.1) is 0 Å². The Bertz CT molecular complexity index is 764. The highest BCUT2D eigenvalue weighted by atomic mass is 35.5. The summed E-state index contributed by atoms with van der Waals surface area (Å²) in [7, 11) is 2.85. The lowest BCUT2D eigenvalue weighted by Gasteiger charge is -2.11. The van der Waals surface area contributed by atoms with E-state index in [1.807, 2.05) is 0 Å². The highest BCUT2D eigenvalue weighted by molar-refractivity contribution is 6.32. The molecular formula is C18H19ClN2O4. The number of para-hydroxylation sites is 1. The van der Waals surface area contributed by atoms with Crippen LogP contribution in [0.25, 0.3) is 0 Å². The summed E-state index contributed by atoms with van der Waals surface area (Å²) in [5.41, 5.74) is 1.63. The summed E-state index contributed by atoms with van der Waals surface area (Å²) in [6.45, 7) is 0.365. The number of esters is 1. The molecule has 0 atom stereocenters. The van der Waals surface area contributed by atoms with Crippen LogP contribution in [-0.4, -0.2) is 32.6 Å². The van der Waals surface area contributed by atoms with E-state index in [1.165, 1.54) is 14.2 Å². The molecule has 7 heteroatoms. The summed E-state index contributed by atoms with van der Waals surface area (Å²) >= 11 is 6.03. The molecule has 0 heterocycles. The minimum absolute atomic E-state index is 0.177. The molecular weight excluding hydrogens is 344 g/mol. The van der Waals surface area contributed by atoms with Crippen LogP contribution in [-0.2, 0) is 9.53 Å². The first kappa shape index (κ1) is 18.6. The molecule has 0 aliphatic carbocycles. The van der Waals surface area contributed by atoms with Gasteiger partial charge in [-0.1, -0.05) is 23.7 Å². The van der Waals surface area contributed by atoms with Gasteiger partial charge >= 0.3 is 5.97 Å². The molecule has 0 radical (unpaired) electrons. The third kappa shape index (κ3) is 5.12. The number of methoxy groups -OCH3 is 2. The van der Waals surface area contributed by atoms with Crippen molar-refractivity contribution in [3.8, 4) is 5.75 Å². The van der Waals surface area contributed by atoms with Crippen LogP contribution < -0.4 is 15.4 Å². The van der Waals surface area contributed by atoms with E-state index < -0.39 is 5.97 Å². The quantitative estimate of drug-likeness (QED) is 0.736. The second kappa shape index (κ2) is 8.94. The number of hydrogen-bond donors (Lipinski definition) is 2. The van der Waals surface area contributed by atoms with Crippen molar-refractivity contribution in [3.05, 3.63) is 53.1 Å². The monoisotopic (exact) mass is 362 g/mol.